The molecule has 3 N–H and O–H groups in total. The number of hydrogen-bond acceptors (Lipinski definition) is 8. The molecule has 0 bridgehead atoms. The van der Waals surface area contributed by atoms with Gasteiger partial charge in [-0.3, -0.25) is 14.5 Å². The van der Waals surface area contributed by atoms with Crippen LogP contribution in [0.15, 0.2) is 72.1 Å². The first kappa shape index (κ1) is 30.3. The lowest BCUT2D eigenvalue weighted by Crippen LogP contribution is -2.45. The van der Waals surface area contributed by atoms with E-state index in [1.54, 1.807) is 86.8 Å². The Morgan fingerprint density at radius 2 is 1.84 bits per heavy atom. The Labute approximate surface area is 258 Å². The monoisotopic (exact) mass is 609 g/mol. The largest absolute Gasteiger partial charge is 0.507 e. The number of likely N-dealkylation sites (tertiary alicyclic amines) is 1. The molecule has 1 aliphatic rings. The Kier molecular flexibility index (Phi) is 8.64. The van der Waals surface area contributed by atoms with E-state index in [0.29, 0.717) is 52.3 Å². The summed E-state index contributed by atoms with van der Waals surface area (Å²) in [5.74, 6) is -0.746. The average molecular weight is 610 g/mol. The quantitative estimate of drug-likeness (QED) is 0.222. The van der Waals surface area contributed by atoms with Crippen LogP contribution in [0.4, 0.5) is 16.3 Å². The molecule has 224 valence electrons. The minimum Gasteiger partial charge on any atom is -0.507 e. The second-order valence-corrected chi connectivity index (χ2v) is 12.2. The van der Waals surface area contributed by atoms with Crippen molar-refractivity contribution >= 4 is 40.7 Å². The molecular formula is C33H31N5O5S. The third-order valence-electron chi connectivity index (χ3n) is 6.91. The Morgan fingerprint density at radius 1 is 1.05 bits per heavy atom. The van der Waals surface area contributed by atoms with Crippen molar-refractivity contribution in [3.05, 3.63) is 82.6 Å². The topological polar surface area (TPSA) is 145 Å². The predicted octanol–water partition coefficient (Wildman–Crippen LogP) is 6.64. The number of ether oxygens (including phenoxy) is 1. The molecule has 44 heavy (non-hydrogen) atoms. The lowest BCUT2D eigenvalue weighted by molar-refractivity contribution is -0.120. The number of para-hydroxylation sites is 1. The zero-order valence-electron chi connectivity index (χ0n) is 24.5. The number of nitriles is 1. The van der Waals surface area contributed by atoms with Crippen molar-refractivity contribution in [3.63, 3.8) is 0 Å². The van der Waals surface area contributed by atoms with E-state index in [0.717, 1.165) is 0 Å². The number of pyridine rings is 1. The molecule has 0 saturated carbocycles. The number of hydrogen-bond donors (Lipinski definition) is 3. The highest BCUT2D eigenvalue weighted by Crippen LogP contribution is 2.36. The van der Waals surface area contributed by atoms with Gasteiger partial charge in [-0.25, -0.2) is 9.78 Å². The van der Waals surface area contributed by atoms with Crippen LogP contribution in [0.2, 0.25) is 0 Å². The molecule has 10 nitrogen and oxygen atoms in total. The highest BCUT2D eigenvalue weighted by Gasteiger charge is 2.36. The van der Waals surface area contributed by atoms with Gasteiger partial charge in [0.2, 0.25) is 5.91 Å². The molecule has 2 aromatic carbocycles. The summed E-state index contributed by atoms with van der Waals surface area (Å²) in [6.07, 6.45) is 0.646. The van der Waals surface area contributed by atoms with Gasteiger partial charge < -0.3 is 20.5 Å². The number of carbonyl (C=O) groups excluding carboxylic acids is 3. The van der Waals surface area contributed by atoms with Crippen LogP contribution in [-0.2, 0) is 9.53 Å². The van der Waals surface area contributed by atoms with Crippen LogP contribution in [0, 0.1) is 11.3 Å². The van der Waals surface area contributed by atoms with E-state index >= 15 is 0 Å². The van der Waals surface area contributed by atoms with E-state index < -0.39 is 23.6 Å². The Morgan fingerprint density at radius 3 is 2.55 bits per heavy atom. The minimum absolute atomic E-state index is 0.0155. The zero-order chi connectivity index (χ0) is 31.4. The lowest BCUT2D eigenvalue weighted by atomic mass is 9.97. The Hall–Kier alpha value is -5.21. The van der Waals surface area contributed by atoms with Gasteiger partial charge in [0.15, 0.2) is 5.82 Å². The van der Waals surface area contributed by atoms with Gasteiger partial charge in [0.25, 0.3) is 5.91 Å². The zero-order valence-corrected chi connectivity index (χ0v) is 25.3. The van der Waals surface area contributed by atoms with Crippen molar-refractivity contribution in [2.24, 2.45) is 0 Å². The first-order chi connectivity index (χ1) is 21.0. The number of rotatable bonds is 6. The number of carbonyl (C=O) groups is 3. The SMILES string of the molecule is CC(C)(C)OC(=O)N1CCCC1C(=O)Nc1cccc(-c2cc(-c3ccccc3O)nc(NC(=O)c3cccs3)c2C#N)c1. The average Bonchev–Trinajstić information content (AvgIpc) is 3.70. The van der Waals surface area contributed by atoms with Crippen LogP contribution in [-0.4, -0.2) is 51.1 Å². The van der Waals surface area contributed by atoms with Crippen LogP contribution >= 0.6 is 11.3 Å². The van der Waals surface area contributed by atoms with Gasteiger partial charge in [0.1, 0.15) is 29.0 Å². The van der Waals surface area contributed by atoms with Gasteiger partial charge in [-0.1, -0.05) is 30.3 Å². The van der Waals surface area contributed by atoms with E-state index in [4.69, 9.17) is 4.74 Å². The Balaban J connectivity index is 1.49. The number of phenolic OH excluding ortho intramolecular Hbond substituents is 1. The van der Waals surface area contributed by atoms with Gasteiger partial charge in [-0.2, -0.15) is 5.26 Å². The van der Waals surface area contributed by atoms with Gasteiger partial charge in [-0.15, -0.1) is 11.3 Å². The third-order valence-corrected chi connectivity index (χ3v) is 7.78. The highest BCUT2D eigenvalue weighted by molar-refractivity contribution is 7.12. The number of amides is 3. The minimum atomic E-state index is -0.685. The first-order valence-electron chi connectivity index (χ1n) is 14.0. The van der Waals surface area contributed by atoms with Gasteiger partial charge in [0, 0.05) is 23.4 Å². The van der Waals surface area contributed by atoms with Gasteiger partial charge in [0.05, 0.1) is 10.6 Å². The molecule has 5 rings (SSSR count). The molecule has 3 amide bonds. The smallest absolute Gasteiger partial charge is 0.410 e. The third kappa shape index (κ3) is 6.71. The van der Waals surface area contributed by atoms with Crippen LogP contribution in [0.5, 0.6) is 5.75 Å². The molecule has 1 unspecified atom stereocenters. The summed E-state index contributed by atoms with van der Waals surface area (Å²) in [6.45, 7) is 5.75. The number of aromatic hydroxyl groups is 1. The molecular weight excluding hydrogens is 578 g/mol. The second-order valence-electron chi connectivity index (χ2n) is 11.2. The van der Waals surface area contributed by atoms with Crippen molar-refractivity contribution in [2.75, 3.05) is 17.2 Å². The summed E-state index contributed by atoms with van der Waals surface area (Å²) in [5.41, 5.74) is 1.65. The van der Waals surface area contributed by atoms with Crippen LogP contribution < -0.4 is 10.6 Å². The molecule has 1 atom stereocenters. The molecule has 0 radical (unpaired) electrons. The number of nitrogens with zero attached hydrogens (tertiary/aromatic N) is 3. The van der Waals surface area contributed by atoms with Gasteiger partial charge in [-0.05, 0) is 81.0 Å². The standard InChI is InChI=1S/C33H31N5O5S/c1-33(2,3)43-32(42)38-15-7-12-26(38)30(40)35-21-10-6-9-20(17-21)23-18-25(22-11-4-5-13-27(22)39)36-29(24(23)19-34)37-31(41)28-14-8-16-44-28/h4-6,8-11,13-14,16-18,26,39H,7,12,15H2,1-3H3,(H,35,40)(H,36,37,41). The van der Waals surface area contributed by atoms with Crippen molar-refractivity contribution in [1.29, 1.82) is 5.26 Å². The summed E-state index contributed by atoms with van der Waals surface area (Å²) in [7, 11) is 0. The summed E-state index contributed by atoms with van der Waals surface area (Å²) in [4.78, 5) is 45.5. The van der Waals surface area contributed by atoms with E-state index in [9.17, 15) is 24.8 Å². The molecule has 0 spiro atoms. The molecule has 11 heteroatoms. The number of aromatic nitrogens is 1. The van der Waals surface area contributed by atoms with Crippen LogP contribution in [0.1, 0.15) is 48.8 Å². The molecule has 4 aromatic rings. The fraction of sp³-hybridized carbons (Fsp3) is 0.242. The number of phenols is 1. The maximum atomic E-state index is 13.3. The summed E-state index contributed by atoms with van der Waals surface area (Å²) < 4.78 is 5.50. The number of thiophene rings is 1. The second kappa shape index (κ2) is 12.6. The molecule has 1 aliphatic heterocycles. The molecule has 1 saturated heterocycles. The van der Waals surface area contributed by atoms with Crippen LogP contribution in [0.3, 0.4) is 0 Å². The highest BCUT2D eigenvalue weighted by atomic mass is 32.1. The molecule has 2 aromatic heterocycles. The van der Waals surface area contributed by atoms with Crippen molar-refractivity contribution in [3.8, 4) is 34.2 Å². The van der Waals surface area contributed by atoms with E-state index in [1.165, 1.54) is 22.3 Å². The fourth-order valence-corrected chi connectivity index (χ4v) is 5.57. The van der Waals surface area contributed by atoms with Gasteiger partial charge >= 0.3 is 6.09 Å². The van der Waals surface area contributed by atoms with Crippen molar-refractivity contribution in [2.45, 2.75) is 45.3 Å². The summed E-state index contributed by atoms with van der Waals surface area (Å²) in [5, 5.41) is 28.2. The van der Waals surface area contributed by atoms with E-state index in [1.807, 2.05) is 0 Å². The fourth-order valence-electron chi connectivity index (χ4n) is 4.95. The van der Waals surface area contributed by atoms with E-state index in [-0.39, 0.29) is 23.0 Å². The maximum absolute atomic E-state index is 13.3. The van der Waals surface area contributed by atoms with Crippen LogP contribution in [0.25, 0.3) is 22.4 Å². The Bertz CT molecular complexity index is 1760. The van der Waals surface area contributed by atoms with Crippen molar-refractivity contribution < 1.29 is 24.2 Å². The lowest BCUT2D eigenvalue weighted by Gasteiger charge is -2.28. The summed E-state index contributed by atoms with van der Waals surface area (Å²) >= 11 is 1.25. The number of nitrogens with one attached hydrogen (secondary N) is 2. The maximum Gasteiger partial charge on any atom is 0.410 e. The molecule has 3 heterocycles. The van der Waals surface area contributed by atoms with E-state index in [2.05, 4.69) is 21.7 Å². The number of anilines is 2. The normalized spacial score (nSPS) is 14.5. The predicted molar refractivity (Wildman–Crippen MR) is 168 cm³/mol. The summed E-state index contributed by atoms with van der Waals surface area (Å²) in [6, 6.07) is 20.1. The first-order valence-corrected chi connectivity index (χ1v) is 14.9. The van der Waals surface area contributed by atoms with Crippen molar-refractivity contribution in [1.82, 2.24) is 9.88 Å². The molecule has 0 aliphatic carbocycles. The number of benzene rings is 2. The molecule has 1 fully saturated rings.